The summed E-state index contributed by atoms with van der Waals surface area (Å²) in [6, 6.07) is 7.65. The third-order valence-corrected chi connectivity index (χ3v) is 2.28. The van der Waals surface area contributed by atoms with Crippen molar-refractivity contribution in [3.63, 3.8) is 0 Å². The van der Waals surface area contributed by atoms with E-state index in [4.69, 9.17) is 17.4 Å². The Kier molecular flexibility index (Phi) is 3.41. The Hall–Kier alpha value is -1.85. The van der Waals surface area contributed by atoms with Crippen LogP contribution in [-0.2, 0) is 0 Å². The predicted molar refractivity (Wildman–Crippen MR) is 66.7 cm³/mol. The maximum atomic E-state index is 13.1. The lowest BCUT2D eigenvalue weighted by Crippen LogP contribution is -2.08. The standard InChI is InChI=1S/C11H10ClFN4/c12-7-3-8(13)5-10(4-7)16-9-1-2-15-11(6-9)17-14/h1-6H,14H2,(H2,15,16,17). The van der Waals surface area contributed by atoms with Gasteiger partial charge in [0.15, 0.2) is 0 Å². The molecule has 0 atom stereocenters. The molecule has 0 fully saturated rings. The molecule has 88 valence electrons. The zero-order valence-electron chi connectivity index (χ0n) is 8.74. The molecule has 0 amide bonds. The van der Waals surface area contributed by atoms with E-state index in [2.05, 4.69) is 15.7 Å². The number of halogens is 2. The van der Waals surface area contributed by atoms with Gasteiger partial charge in [-0.1, -0.05) is 11.6 Å². The highest BCUT2D eigenvalue weighted by Crippen LogP contribution is 2.22. The van der Waals surface area contributed by atoms with E-state index in [1.165, 1.54) is 12.1 Å². The third-order valence-electron chi connectivity index (χ3n) is 2.06. The molecule has 6 heteroatoms. The minimum Gasteiger partial charge on any atom is -0.355 e. The van der Waals surface area contributed by atoms with Crippen molar-refractivity contribution in [2.45, 2.75) is 0 Å². The first kappa shape index (κ1) is 11.6. The van der Waals surface area contributed by atoms with E-state index in [-0.39, 0.29) is 0 Å². The van der Waals surface area contributed by atoms with Crippen molar-refractivity contribution in [1.29, 1.82) is 0 Å². The third kappa shape index (κ3) is 3.05. The van der Waals surface area contributed by atoms with Crippen LogP contribution in [0.5, 0.6) is 0 Å². The summed E-state index contributed by atoms with van der Waals surface area (Å²) in [7, 11) is 0. The Bertz CT molecular complexity index is 512. The van der Waals surface area contributed by atoms with E-state index in [0.29, 0.717) is 16.5 Å². The number of rotatable bonds is 3. The fraction of sp³-hybridized carbons (Fsp3) is 0. The van der Waals surface area contributed by atoms with Crippen LogP contribution in [0.2, 0.25) is 5.02 Å². The normalized spacial score (nSPS) is 10.1. The van der Waals surface area contributed by atoms with E-state index in [0.717, 1.165) is 5.69 Å². The summed E-state index contributed by atoms with van der Waals surface area (Å²) >= 11 is 5.75. The van der Waals surface area contributed by atoms with Gasteiger partial charge >= 0.3 is 0 Å². The van der Waals surface area contributed by atoms with Crippen molar-refractivity contribution in [2.24, 2.45) is 5.84 Å². The fourth-order valence-electron chi connectivity index (χ4n) is 1.38. The Morgan fingerprint density at radius 3 is 2.71 bits per heavy atom. The Balaban J connectivity index is 2.24. The number of hydrazine groups is 1. The zero-order valence-corrected chi connectivity index (χ0v) is 9.50. The Morgan fingerprint density at radius 1 is 1.18 bits per heavy atom. The molecule has 4 nitrogen and oxygen atoms in total. The summed E-state index contributed by atoms with van der Waals surface area (Å²) < 4.78 is 13.1. The molecule has 1 aromatic heterocycles. The van der Waals surface area contributed by atoms with E-state index in [1.54, 1.807) is 24.4 Å². The number of pyridine rings is 1. The average molecular weight is 253 g/mol. The van der Waals surface area contributed by atoms with E-state index < -0.39 is 5.82 Å². The highest BCUT2D eigenvalue weighted by Gasteiger charge is 2.01. The summed E-state index contributed by atoms with van der Waals surface area (Å²) in [4.78, 5) is 3.96. The van der Waals surface area contributed by atoms with Gasteiger partial charge in [0.1, 0.15) is 11.6 Å². The van der Waals surface area contributed by atoms with Gasteiger partial charge < -0.3 is 10.7 Å². The molecule has 2 rings (SSSR count). The van der Waals surface area contributed by atoms with Gasteiger partial charge in [0.2, 0.25) is 0 Å². The minimum atomic E-state index is -0.397. The van der Waals surface area contributed by atoms with Gasteiger partial charge in [-0.25, -0.2) is 15.2 Å². The number of nitrogen functional groups attached to an aromatic ring is 1. The maximum absolute atomic E-state index is 13.1. The first-order valence-corrected chi connectivity index (χ1v) is 5.21. The summed E-state index contributed by atoms with van der Waals surface area (Å²) in [5.41, 5.74) is 3.72. The van der Waals surface area contributed by atoms with Crippen LogP contribution in [0.1, 0.15) is 0 Å². The van der Waals surface area contributed by atoms with Crippen LogP contribution in [-0.4, -0.2) is 4.98 Å². The monoisotopic (exact) mass is 252 g/mol. The van der Waals surface area contributed by atoms with E-state index in [1.807, 2.05) is 0 Å². The lowest BCUT2D eigenvalue weighted by atomic mass is 10.3. The molecule has 0 bridgehead atoms. The first-order chi connectivity index (χ1) is 8.17. The number of hydrogen-bond donors (Lipinski definition) is 3. The van der Waals surface area contributed by atoms with Crippen LogP contribution in [0.3, 0.4) is 0 Å². The van der Waals surface area contributed by atoms with Gasteiger partial charge in [-0.2, -0.15) is 0 Å². The summed E-state index contributed by atoms with van der Waals surface area (Å²) in [5.74, 6) is 5.35. The minimum absolute atomic E-state index is 0.332. The molecule has 0 saturated heterocycles. The van der Waals surface area contributed by atoms with Gasteiger partial charge in [0, 0.05) is 28.7 Å². The lowest BCUT2D eigenvalue weighted by molar-refractivity contribution is 0.628. The molecule has 1 aromatic carbocycles. The Morgan fingerprint density at radius 2 is 2.00 bits per heavy atom. The quantitative estimate of drug-likeness (QED) is 0.581. The number of nitrogens with two attached hydrogens (primary N) is 1. The second-order valence-electron chi connectivity index (χ2n) is 3.36. The van der Waals surface area contributed by atoms with Crippen LogP contribution in [0, 0.1) is 5.82 Å². The second kappa shape index (κ2) is 4.99. The van der Waals surface area contributed by atoms with Crippen LogP contribution < -0.4 is 16.6 Å². The molecule has 0 aliphatic carbocycles. The van der Waals surface area contributed by atoms with Crippen molar-refractivity contribution in [3.05, 3.63) is 47.4 Å². The molecular weight excluding hydrogens is 243 g/mol. The number of anilines is 3. The maximum Gasteiger partial charge on any atom is 0.141 e. The van der Waals surface area contributed by atoms with Gasteiger partial charge in [-0.3, -0.25) is 0 Å². The number of nitrogens with one attached hydrogen (secondary N) is 2. The highest BCUT2D eigenvalue weighted by molar-refractivity contribution is 6.30. The number of benzene rings is 1. The molecule has 0 spiro atoms. The van der Waals surface area contributed by atoms with Crippen molar-refractivity contribution in [2.75, 3.05) is 10.7 Å². The van der Waals surface area contributed by atoms with Gasteiger partial charge in [0.05, 0.1) is 0 Å². The lowest BCUT2D eigenvalue weighted by Gasteiger charge is -2.08. The van der Waals surface area contributed by atoms with Crippen LogP contribution >= 0.6 is 11.6 Å². The SMILES string of the molecule is NNc1cc(Nc2cc(F)cc(Cl)c2)ccn1. The summed E-state index contributed by atoms with van der Waals surface area (Å²) in [6.45, 7) is 0. The summed E-state index contributed by atoms with van der Waals surface area (Å²) in [6.07, 6.45) is 1.58. The van der Waals surface area contributed by atoms with Crippen LogP contribution in [0.25, 0.3) is 0 Å². The second-order valence-corrected chi connectivity index (χ2v) is 3.79. The largest absolute Gasteiger partial charge is 0.355 e. The molecule has 0 radical (unpaired) electrons. The van der Waals surface area contributed by atoms with Crippen molar-refractivity contribution in [3.8, 4) is 0 Å². The van der Waals surface area contributed by atoms with Crippen molar-refractivity contribution in [1.82, 2.24) is 4.98 Å². The topological polar surface area (TPSA) is 63.0 Å². The number of nitrogens with zero attached hydrogens (tertiary/aromatic N) is 1. The Labute approximate surface area is 103 Å². The van der Waals surface area contributed by atoms with Crippen molar-refractivity contribution >= 4 is 28.8 Å². The fourth-order valence-corrected chi connectivity index (χ4v) is 1.60. The van der Waals surface area contributed by atoms with E-state index >= 15 is 0 Å². The molecule has 0 aliphatic rings. The van der Waals surface area contributed by atoms with Crippen LogP contribution in [0.15, 0.2) is 36.5 Å². The average Bonchev–Trinajstić information content (AvgIpc) is 2.28. The first-order valence-electron chi connectivity index (χ1n) is 4.83. The summed E-state index contributed by atoms with van der Waals surface area (Å²) in [5, 5.41) is 3.33. The molecule has 0 unspecified atom stereocenters. The number of aromatic nitrogens is 1. The molecule has 0 saturated carbocycles. The smallest absolute Gasteiger partial charge is 0.141 e. The molecule has 17 heavy (non-hydrogen) atoms. The molecule has 4 N–H and O–H groups in total. The predicted octanol–water partition coefficient (Wildman–Crippen LogP) is 2.90. The van der Waals surface area contributed by atoms with Gasteiger partial charge in [-0.15, -0.1) is 0 Å². The van der Waals surface area contributed by atoms with Crippen LogP contribution in [0.4, 0.5) is 21.6 Å². The van der Waals surface area contributed by atoms with Gasteiger partial charge in [-0.05, 0) is 24.3 Å². The molecule has 0 aliphatic heterocycles. The van der Waals surface area contributed by atoms with Gasteiger partial charge in [0.25, 0.3) is 0 Å². The molecule has 1 heterocycles. The van der Waals surface area contributed by atoms with Crippen molar-refractivity contribution < 1.29 is 4.39 Å². The highest BCUT2D eigenvalue weighted by atomic mass is 35.5. The zero-order chi connectivity index (χ0) is 12.3. The number of hydrogen-bond acceptors (Lipinski definition) is 4. The molecular formula is C11H10ClFN4. The van der Waals surface area contributed by atoms with E-state index in [9.17, 15) is 4.39 Å². The molecule has 2 aromatic rings.